The Morgan fingerprint density at radius 1 is 0.345 bits per heavy atom. The van der Waals surface area contributed by atoms with E-state index in [1.165, 1.54) is 49.5 Å². The Morgan fingerprint density at radius 2 is 0.945 bits per heavy atom. The third kappa shape index (κ3) is 5.02. The normalized spacial score (nSPS) is 13.2. The average Bonchev–Trinajstić information content (AvgIpc) is 3.37. The fourth-order valence-electron chi connectivity index (χ4n) is 9.00. The molecule has 2 heteroatoms. The Kier molecular flexibility index (Phi) is 6.93. The van der Waals surface area contributed by atoms with Crippen LogP contribution in [0.25, 0.3) is 66.1 Å². The van der Waals surface area contributed by atoms with Gasteiger partial charge in [-0.2, -0.15) is 0 Å². The van der Waals surface area contributed by atoms with Crippen LogP contribution in [0.3, 0.4) is 0 Å². The first kappa shape index (κ1) is 31.6. The van der Waals surface area contributed by atoms with Crippen molar-refractivity contribution in [2.75, 3.05) is 4.90 Å². The Bertz CT molecular complexity index is 2990. The molecule has 0 fully saturated rings. The average molecular weight is 704 g/mol. The molecule has 0 aromatic heterocycles. The van der Waals surface area contributed by atoms with Crippen molar-refractivity contribution in [3.05, 3.63) is 199 Å². The van der Waals surface area contributed by atoms with E-state index in [2.05, 4.69) is 207 Å². The van der Waals surface area contributed by atoms with Gasteiger partial charge in [0.25, 0.3) is 0 Å². The van der Waals surface area contributed by atoms with Crippen LogP contribution in [-0.2, 0) is 5.41 Å². The fraction of sp³-hybridized carbons (Fsp3) is 0.0566. The summed E-state index contributed by atoms with van der Waals surface area (Å²) in [5.74, 6) is 1.71. The van der Waals surface area contributed by atoms with Crippen LogP contribution in [0.2, 0.25) is 0 Å². The molecule has 9 aromatic rings. The highest BCUT2D eigenvalue weighted by atomic mass is 16.5. The molecule has 1 aliphatic heterocycles. The highest BCUT2D eigenvalue weighted by molar-refractivity contribution is 6.00. The largest absolute Gasteiger partial charge is 0.456 e. The van der Waals surface area contributed by atoms with E-state index >= 15 is 0 Å². The van der Waals surface area contributed by atoms with Crippen LogP contribution >= 0.6 is 0 Å². The molecule has 260 valence electrons. The molecular weight excluding hydrogens is 667 g/mol. The Balaban J connectivity index is 1.12. The lowest BCUT2D eigenvalue weighted by molar-refractivity contribution is 0.488. The Morgan fingerprint density at radius 3 is 1.78 bits per heavy atom. The summed E-state index contributed by atoms with van der Waals surface area (Å²) < 4.78 is 6.95. The first-order chi connectivity index (χ1) is 27.0. The summed E-state index contributed by atoms with van der Waals surface area (Å²) in [5.41, 5.74) is 15.4. The molecule has 2 aliphatic rings. The zero-order chi connectivity index (χ0) is 36.7. The molecule has 0 radical (unpaired) electrons. The van der Waals surface area contributed by atoms with Crippen LogP contribution in [0.5, 0.6) is 11.5 Å². The Labute approximate surface area is 321 Å². The smallest absolute Gasteiger partial charge is 0.135 e. The van der Waals surface area contributed by atoms with Crippen molar-refractivity contribution >= 4 is 38.6 Å². The molecule has 0 saturated carbocycles. The zero-order valence-corrected chi connectivity index (χ0v) is 30.8. The van der Waals surface area contributed by atoms with Gasteiger partial charge in [-0.15, -0.1) is 0 Å². The van der Waals surface area contributed by atoms with Crippen LogP contribution in [0.1, 0.15) is 25.0 Å². The molecule has 11 rings (SSSR count). The van der Waals surface area contributed by atoms with Gasteiger partial charge in [-0.1, -0.05) is 135 Å². The molecule has 0 N–H and O–H groups in total. The summed E-state index contributed by atoms with van der Waals surface area (Å²) in [7, 11) is 0. The lowest BCUT2D eigenvalue weighted by Gasteiger charge is -2.28. The molecule has 55 heavy (non-hydrogen) atoms. The van der Waals surface area contributed by atoms with Crippen molar-refractivity contribution in [1.82, 2.24) is 0 Å². The van der Waals surface area contributed by atoms with Gasteiger partial charge in [-0.25, -0.2) is 0 Å². The topological polar surface area (TPSA) is 12.5 Å². The van der Waals surface area contributed by atoms with Gasteiger partial charge in [-0.3, -0.25) is 0 Å². The number of para-hydroxylation sites is 1. The summed E-state index contributed by atoms with van der Waals surface area (Å²) >= 11 is 0. The number of nitrogens with zero attached hydrogens (tertiary/aromatic N) is 1. The van der Waals surface area contributed by atoms with Crippen LogP contribution < -0.4 is 9.64 Å². The molecule has 0 atom stereocenters. The van der Waals surface area contributed by atoms with Gasteiger partial charge in [0.15, 0.2) is 0 Å². The number of hydrogen-bond acceptors (Lipinski definition) is 2. The van der Waals surface area contributed by atoms with Gasteiger partial charge in [0, 0.05) is 33.6 Å². The third-order valence-electron chi connectivity index (χ3n) is 11.8. The van der Waals surface area contributed by atoms with E-state index in [-0.39, 0.29) is 5.41 Å². The SMILES string of the molecule is CC1(C)c2ccccc2-c2ccc(N(c3ccccc3)c3ccc4c(c3)-c3cc(-c5ccc6ccccc6c5)ccc3-c3cc5ccccc5cc3O4)cc21. The number of anilines is 3. The lowest BCUT2D eigenvalue weighted by Crippen LogP contribution is -2.16. The summed E-state index contributed by atoms with van der Waals surface area (Å²) in [4.78, 5) is 2.39. The summed E-state index contributed by atoms with van der Waals surface area (Å²) in [6.45, 7) is 4.69. The molecule has 0 amide bonds. The minimum Gasteiger partial charge on any atom is -0.456 e. The molecular formula is C53H37NO. The Hall–Kier alpha value is -6.90. The van der Waals surface area contributed by atoms with Crippen LogP contribution in [0.4, 0.5) is 17.1 Å². The van der Waals surface area contributed by atoms with E-state index in [1.807, 2.05) is 0 Å². The lowest BCUT2D eigenvalue weighted by atomic mass is 9.82. The van der Waals surface area contributed by atoms with Crippen molar-refractivity contribution in [3.63, 3.8) is 0 Å². The van der Waals surface area contributed by atoms with Crippen molar-refractivity contribution in [3.8, 4) is 56.0 Å². The second-order valence-corrected chi connectivity index (χ2v) is 15.4. The highest BCUT2D eigenvalue weighted by Gasteiger charge is 2.36. The first-order valence-electron chi connectivity index (χ1n) is 19.1. The maximum atomic E-state index is 6.95. The molecule has 2 nitrogen and oxygen atoms in total. The van der Waals surface area contributed by atoms with Crippen LogP contribution in [-0.4, -0.2) is 0 Å². The fourth-order valence-corrected chi connectivity index (χ4v) is 9.00. The predicted molar refractivity (Wildman–Crippen MR) is 230 cm³/mol. The van der Waals surface area contributed by atoms with Crippen molar-refractivity contribution < 1.29 is 4.74 Å². The second kappa shape index (κ2) is 12.1. The standard InChI is InChI=1S/C53H37NO/c1-53(2)49-19-11-10-18-44(49)45-26-23-42(33-50(45)53)54(40-16-4-3-5-17-40)41-24-27-51-48(32-41)46-29-39(38-21-20-34-12-6-7-13-35(34)28-38)22-25-43(46)47-30-36-14-8-9-15-37(36)31-52(47)55-51/h3-33H,1-2H3. The van der Waals surface area contributed by atoms with Gasteiger partial charge in [0.05, 0.1) is 0 Å². The monoisotopic (exact) mass is 703 g/mol. The quantitative estimate of drug-likeness (QED) is 0.181. The van der Waals surface area contributed by atoms with Crippen molar-refractivity contribution in [2.24, 2.45) is 0 Å². The van der Waals surface area contributed by atoms with E-state index in [4.69, 9.17) is 4.74 Å². The highest BCUT2D eigenvalue weighted by Crippen LogP contribution is 2.53. The van der Waals surface area contributed by atoms with Gasteiger partial charge >= 0.3 is 0 Å². The van der Waals surface area contributed by atoms with Gasteiger partial charge in [0.2, 0.25) is 0 Å². The van der Waals surface area contributed by atoms with Crippen LogP contribution in [0.15, 0.2) is 188 Å². The van der Waals surface area contributed by atoms with Gasteiger partial charge < -0.3 is 9.64 Å². The van der Waals surface area contributed by atoms with E-state index in [0.717, 1.165) is 56.2 Å². The maximum absolute atomic E-state index is 6.95. The van der Waals surface area contributed by atoms with Gasteiger partial charge in [-0.05, 0) is 133 Å². The number of fused-ring (bicyclic) bond motifs is 10. The number of ether oxygens (including phenoxy) is 1. The van der Waals surface area contributed by atoms with E-state index in [0.29, 0.717) is 0 Å². The van der Waals surface area contributed by atoms with E-state index in [1.54, 1.807) is 0 Å². The van der Waals surface area contributed by atoms with Crippen molar-refractivity contribution in [2.45, 2.75) is 19.3 Å². The molecule has 0 saturated heterocycles. The summed E-state index contributed by atoms with van der Waals surface area (Å²) in [5, 5.41) is 4.83. The zero-order valence-electron chi connectivity index (χ0n) is 30.8. The molecule has 9 aromatic carbocycles. The molecule has 0 unspecified atom stereocenters. The minimum absolute atomic E-state index is 0.112. The summed E-state index contributed by atoms with van der Waals surface area (Å²) in [6, 6.07) is 68.5. The number of rotatable bonds is 4. The molecule has 1 heterocycles. The van der Waals surface area contributed by atoms with E-state index in [9.17, 15) is 0 Å². The molecule has 0 bridgehead atoms. The van der Waals surface area contributed by atoms with E-state index < -0.39 is 0 Å². The third-order valence-corrected chi connectivity index (χ3v) is 11.8. The minimum atomic E-state index is -0.112. The van der Waals surface area contributed by atoms with Crippen LogP contribution in [0, 0.1) is 0 Å². The predicted octanol–water partition coefficient (Wildman–Crippen LogP) is 14.9. The first-order valence-corrected chi connectivity index (χ1v) is 19.1. The van der Waals surface area contributed by atoms with Crippen molar-refractivity contribution in [1.29, 1.82) is 0 Å². The molecule has 1 aliphatic carbocycles. The number of hydrogen-bond donors (Lipinski definition) is 0. The second-order valence-electron chi connectivity index (χ2n) is 15.4. The van der Waals surface area contributed by atoms with Gasteiger partial charge in [0.1, 0.15) is 11.5 Å². The number of benzene rings is 9. The maximum Gasteiger partial charge on any atom is 0.135 e. The molecule has 0 spiro atoms. The summed E-state index contributed by atoms with van der Waals surface area (Å²) in [6.07, 6.45) is 0.